The molecule has 3 heterocycles. The van der Waals surface area contributed by atoms with E-state index in [4.69, 9.17) is 9.26 Å². The summed E-state index contributed by atoms with van der Waals surface area (Å²) < 4.78 is 10.5. The number of ether oxygens (including phenoxy) is 1. The normalized spacial score (nSPS) is 19.0. The molecule has 1 saturated heterocycles. The number of urea groups is 1. The summed E-state index contributed by atoms with van der Waals surface area (Å²) in [6.07, 6.45) is 6.53. The first-order valence-electron chi connectivity index (χ1n) is 10.1. The van der Waals surface area contributed by atoms with Gasteiger partial charge >= 0.3 is 12.0 Å². The lowest BCUT2D eigenvalue weighted by atomic mass is 9.82. The molecule has 2 aromatic heterocycles. The first-order chi connectivity index (χ1) is 14.5. The van der Waals surface area contributed by atoms with Crippen molar-refractivity contribution in [2.24, 2.45) is 0 Å². The molecule has 30 heavy (non-hydrogen) atoms. The predicted octanol–water partition coefficient (Wildman–Crippen LogP) is 2.38. The van der Waals surface area contributed by atoms with Gasteiger partial charge in [-0.25, -0.2) is 4.79 Å². The van der Waals surface area contributed by atoms with Crippen LogP contribution in [0.15, 0.2) is 29.0 Å². The molecular formula is C20H23N5O5. The summed E-state index contributed by atoms with van der Waals surface area (Å²) in [6.45, 7) is 1.59. The van der Waals surface area contributed by atoms with Crippen molar-refractivity contribution in [1.29, 1.82) is 0 Å². The second kappa shape index (κ2) is 8.21. The van der Waals surface area contributed by atoms with Crippen LogP contribution >= 0.6 is 0 Å². The number of hydrogen-bond donors (Lipinski definition) is 1. The lowest BCUT2D eigenvalue weighted by molar-refractivity contribution is -0.150. The van der Waals surface area contributed by atoms with Crippen LogP contribution < -0.4 is 5.32 Å². The number of hydrogen-bond acceptors (Lipinski definition) is 8. The van der Waals surface area contributed by atoms with Crippen LogP contribution in [0.3, 0.4) is 0 Å². The smallest absolute Gasteiger partial charge is 0.325 e. The number of amides is 3. The van der Waals surface area contributed by atoms with Crippen LogP contribution in [-0.4, -0.2) is 50.0 Å². The van der Waals surface area contributed by atoms with Gasteiger partial charge in [-0.15, -0.1) is 0 Å². The fourth-order valence-corrected chi connectivity index (χ4v) is 3.90. The van der Waals surface area contributed by atoms with E-state index in [1.54, 1.807) is 31.5 Å². The number of aromatic nitrogens is 3. The Kier molecular flexibility index (Phi) is 5.47. The molecule has 158 valence electrons. The molecule has 1 aliphatic heterocycles. The van der Waals surface area contributed by atoms with Crippen molar-refractivity contribution in [2.75, 3.05) is 6.54 Å². The summed E-state index contributed by atoms with van der Waals surface area (Å²) in [5.41, 5.74) is -0.111. The second-order valence-electron chi connectivity index (χ2n) is 7.61. The van der Waals surface area contributed by atoms with Crippen molar-refractivity contribution < 1.29 is 23.6 Å². The van der Waals surface area contributed by atoms with E-state index in [1.165, 1.54) is 0 Å². The van der Waals surface area contributed by atoms with Crippen LogP contribution in [0, 0.1) is 0 Å². The third kappa shape index (κ3) is 3.89. The highest BCUT2D eigenvalue weighted by Gasteiger charge is 2.51. The third-order valence-electron chi connectivity index (χ3n) is 5.51. The van der Waals surface area contributed by atoms with Gasteiger partial charge in [0.2, 0.25) is 5.82 Å². The average molecular weight is 413 g/mol. The van der Waals surface area contributed by atoms with Gasteiger partial charge in [-0.1, -0.05) is 24.4 Å². The number of nitrogens with zero attached hydrogens (tertiary/aromatic N) is 4. The molecular weight excluding hydrogens is 390 g/mol. The van der Waals surface area contributed by atoms with E-state index in [0.29, 0.717) is 24.2 Å². The van der Waals surface area contributed by atoms with Gasteiger partial charge in [0, 0.05) is 24.5 Å². The second-order valence-corrected chi connectivity index (χ2v) is 7.61. The molecule has 0 bridgehead atoms. The molecule has 3 amide bonds. The molecule has 1 saturated carbocycles. The summed E-state index contributed by atoms with van der Waals surface area (Å²) in [5, 5.41) is 6.69. The number of carbonyl (C=O) groups excluding carboxylic acids is 3. The minimum absolute atomic E-state index is 0.0251. The Morgan fingerprint density at radius 3 is 2.87 bits per heavy atom. The highest BCUT2D eigenvalue weighted by molar-refractivity contribution is 6.07. The molecule has 1 unspecified atom stereocenters. The molecule has 0 aromatic carbocycles. The minimum Gasteiger partial charge on any atom is -0.452 e. The Labute approximate surface area is 173 Å². The number of carbonyl (C=O) groups is 3. The molecule has 2 aliphatic rings. The zero-order valence-corrected chi connectivity index (χ0v) is 16.7. The maximum atomic E-state index is 12.7. The van der Waals surface area contributed by atoms with Crippen LogP contribution in [0.1, 0.15) is 57.4 Å². The Morgan fingerprint density at radius 1 is 1.33 bits per heavy atom. The summed E-state index contributed by atoms with van der Waals surface area (Å²) in [7, 11) is 0. The minimum atomic E-state index is -0.793. The standard InChI is InChI=1S/C20H23N5O5/c1-13(17-22-16(24-30-17)14-6-5-10-21-12-14)29-15(26)7-11-25-18(27)20(23-19(25)28)8-3-2-4-9-20/h5-6,10,12-13H,2-4,7-9,11H2,1H3,(H,23,28). The van der Waals surface area contributed by atoms with Crippen LogP contribution in [0.2, 0.25) is 0 Å². The van der Waals surface area contributed by atoms with Gasteiger partial charge < -0.3 is 14.6 Å². The van der Waals surface area contributed by atoms with E-state index in [-0.39, 0.29) is 24.8 Å². The van der Waals surface area contributed by atoms with E-state index >= 15 is 0 Å². The number of pyridine rings is 1. The molecule has 0 radical (unpaired) electrons. The first kappa shape index (κ1) is 20.0. The zero-order chi connectivity index (χ0) is 21.1. The number of rotatable bonds is 6. The molecule has 10 heteroatoms. The number of esters is 1. The summed E-state index contributed by atoms with van der Waals surface area (Å²) in [4.78, 5) is 46.6. The highest BCUT2D eigenvalue weighted by atomic mass is 16.6. The lowest BCUT2D eigenvalue weighted by Crippen LogP contribution is -2.48. The molecule has 2 aromatic rings. The molecule has 10 nitrogen and oxygen atoms in total. The highest BCUT2D eigenvalue weighted by Crippen LogP contribution is 2.33. The van der Waals surface area contributed by atoms with E-state index in [0.717, 1.165) is 24.2 Å². The van der Waals surface area contributed by atoms with Crippen molar-refractivity contribution in [2.45, 2.75) is 57.1 Å². The van der Waals surface area contributed by atoms with Gasteiger partial charge in [-0.05, 0) is 31.9 Å². The maximum Gasteiger partial charge on any atom is 0.325 e. The Balaban J connectivity index is 1.31. The Bertz CT molecular complexity index is 938. The Morgan fingerprint density at radius 2 is 2.13 bits per heavy atom. The van der Waals surface area contributed by atoms with Crippen molar-refractivity contribution >= 4 is 17.9 Å². The van der Waals surface area contributed by atoms with Crippen molar-refractivity contribution in [3.63, 3.8) is 0 Å². The van der Waals surface area contributed by atoms with Crippen LogP contribution in [0.4, 0.5) is 4.79 Å². The topological polar surface area (TPSA) is 128 Å². The van der Waals surface area contributed by atoms with Crippen LogP contribution in [-0.2, 0) is 14.3 Å². The molecule has 1 spiro atoms. The number of nitrogens with one attached hydrogen (secondary N) is 1. The van der Waals surface area contributed by atoms with Crippen molar-refractivity contribution in [3.8, 4) is 11.4 Å². The molecule has 1 atom stereocenters. The first-order valence-corrected chi connectivity index (χ1v) is 10.1. The molecule has 1 N–H and O–H groups in total. The maximum absolute atomic E-state index is 12.7. The fraction of sp³-hybridized carbons (Fsp3) is 0.500. The quantitative estimate of drug-likeness (QED) is 0.565. The van der Waals surface area contributed by atoms with Gasteiger partial charge in [0.05, 0.1) is 6.42 Å². The van der Waals surface area contributed by atoms with Gasteiger partial charge in [-0.2, -0.15) is 4.98 Å². The molecule has 2 fully saturated rings. The van der Waals surface area contributed by atoms with Crippen LogP contribution in [0.25, 0.3) is 11.4 Å². The lowest BCUT2D eigenvalue weighted by Gasteiger charge is -2.30. The van der Waals surface area contributed by atoms with Gasteiger partial charge in [0.25, 0.3) is 11.8 Å². The van der Waals surface area contributed by atoms with E-state index in [1.807, 2.05) is 0 Å². The molecule has 4 rings (SSSR count). The third-order valence-corrected chi connectivity index (χ3v) is 5.51. The van der Waals surface area contributed by atoms with E-state index < -0.39 is 23.6 Å². The van der Waals surface area contributed by atoms with Crippen LogP contribution in [0.5, 0.6) is 0 Å². The van der Waals surface area contributed by atoms with E-state index in [9.17, 15) is 14.4 Å². The van der Waals surface area contributed by atoms with Crippen molar-refractivity contribution in [1.82, 2.24) is 25.3 Å². The Hall–Kier alpha value is -3.30. The fourth-order valence-electron chi connectivity index (χ4n) is 3.90. The van der Waals surface area contributed by atoms with Gasteiger partial charge in [0.1, 0.15) is 5.54 Å². The summed E-state index contributed by atoms with van der Waals surface area (Å²) in [5.74, 6) is -0.309. The monoisotopic (exact) mass is 413 g/mol. The largest absolute Gasteiger partial charge is 0.452 e. The van der Waals surface area contributed by atoms with E-state index in [2.05, 4.69) is 20.4 Å². The van der Waals surface area contributed by atoms with Crippen molar-refractivity contribution in [3.05, 3.63) is 30.4 Å². The SMILES string of the molecule is CC(OC(=O)CCN1C(=O)NC2(CCCCC2)C1=O)c1nc(-c2cccnc2)no1. The molecule has 1 aliphatic carbocycles. The number of imide groups is 1. The average Bonchev–Trinajstić information content (AvgIpc) is 3.32. The van der Waals surface area contributed by atoms with Gasteiger partial charge in [0.15, 0.2) is 6.10 Å². The zero-order valence-electron chi connectivity index (χ0n) is 16.7. The predicted molar refractivity (Wildman–Crippen MR) is 103 cm³/mol. The summed E-state index contributed by atoms with van der Waals surface area (Å²) >= 11 is 0. The summed E-state index contributed by atoms with van der Waals surface area (Å²) in [6, 6.07) is 3.10. The van der Waals surface area contributed by atoms with Gasteiger partial charge in [-0.3, -0.25) is 19.5 Å².